The van der Waals surface area contributed by atoms with Crippen molar-refractivity contribution >= 4 is 0 Å². The van der Waals surface area contributed by atoms with Gasteiger partial charge in [-0.25, -0.2) is 0 Å². The molecule has 0 aromatic heterocycles. The van der Waals surface area contributed by atoms with Crippen LogP contribution in [0.3, 0.4) is 0 Å². The summed E-state index contributed by atoms with van der Waals surface area (Å²) in [5, 5.41) is 0. The zero-order valence-electron chi connectivity index (χ0n) is 13.6. The van der Waals surface area contributed by atoms with E-state index in [2.05, 4.69) is 6.92 Å². The average molecular weight is 291 g/mol. The van der Waals surface area contributed by atoms with E-state index in [1.54, 1.807) is 14.2 Å². The zero-order chi connectivity index (χ0) is 15.2. The minimum atomic E-state index is 0.450. The van der Waals surface area contributed by atoms with Gasteiger partial charge in [0.15, 0.2) is 0 Å². The summed E-state index contributed by atoms with van der Waals surface area (Å²) in [7, 11) is 3.48. The number of hydrogen-bond acceptors (Lipinski definition) is 3. The first kappa shape index (κ1) is 16.2. The topological polar surface area (TPSA) is 44.5 Å². The molecule has 0 amide bonds. The molecule has 1 aromatic carbocycles. The van der Waals surface area contributed by atoms with E-state index in [-0.39, 0.29) is 0 Å². The third-order valence-corrected chi connectivity index (χ3v) is 4.94. The molecule has 0 saturated heterocycles. The summed E-state index contributed by atoms with van der Waals surface area (Å²) in [4.78, 5) is 0. The Morgan fingerprint density at radius 2 is 1.81 bits per heavy atom. The first-order valence-electron chi connectivity index (χ1n) is 8.16. The van der Waals surface area contributed by atoms with E-state index in [9.17, 15) is 0 Å². The summed E-state index contributed by atoms with van der Waals surface area (Å²) in [5.74, 6) is 3.66. The van der Waals surface area contributed by atoms with Crippen molar-refractivity contribution in [2.45, 2.75) is 44.9 Å². The van der Waals surface area contributed by atoms with Crippen LogP contribution in [0.2, 0.25) is 0 Å². The molecule has 21 heavy (non-hydrogen) atoms. The highest BCUT2D eigenvalue weighted by molar-refractivity contribution is 5.47. The van der Waals surface area contributed by atoms with Crippen LogP contribution < -0.4 is 15.2 Å². The monoisotopic (exact) mass is 291 g/mol. The molecule has 0 bridgehead atoms. The van der Waals surface area contributed by atoms with Crippen molar-refractivity contribution in [3.05, 3.63) is 23.8 Å². The molecule has 1 aromatic rings. The molecule has 3 nitrogen and oxygen atoms in total. The van der Waals surface area contributed by atoms with E-state index in [1.807, 2.05) is 18.2 Å². The standard InChI is InChI=1S/C18H29NO2/c1-4-6-13-9-10-14(12-19)15(11-13)18-16(20-2)7-5-8-17(18)21-3/h5,7-8,13-15H,4,6,9-12,19H2,1-3H3. The lowest BCUT2D eigenvalue weighted by Gasteiger charge is -2.37. The van der Waals surface area contributed by atoms with Crippen molar-refractivity contribution in [1.29, 1.82) is 0 Å². The molecule has 2 rings (SSSR count). The lowest BCUT2D eigenvalue weighted by atomic mass is 9.69. The van der Waals surface area contributed by atoms with Crippen molar-refractivity contribution in [1.82, 2.24) is 0 Å². The zero-order valence-corrected chi connectivity index (χ0v) is 13.6. The molecule has 0 aliphatic heterocycles. The van der Waals surface area contributed by atoms with Gasteiger partial charge < -0.3 is 15.2 Å². The number of ether oxygens (including phenoxy) is 2. The van der Waals surface area contributed by atoms with Gasteiger partial charge in [-0.3, -0.25) is 0 Å². The molecule has 1 saturated carbocycles. The largest absolute Gasteiger partial charge is 0.496 e. The SMILES string of the molecule is CCCC1CCC(CN)C(c2c(OC)cccc2OC)C1. The van der Waals surface area contributed by atoms with Gasteiger partial charge in [-0.15, -0.1) is 0 Å². The van der Waals surface area contributed by atoms with E-state index in [1.165, 1.54) is 37.7 Å². The van der Waals surface area contributed by atoms with Gasteiger partial charge >= 0.3 is 0 Å². The molecule has 0 radical (unpaired) electrons. The predicted octanol–water partition coefficient (Wildman–Crippen LogP) is 3.96. The summed E-state index contributed by atoms with van der Waals surface area (Å²) < 4.78 is 11.2. The van der Waals surface area contributed by atoms with Crippen LogP contribution in [0.15, 0.2) is 18.2 Å². The Balaban J connectivity index is 2.35. The van der Waals surface area contributed by atoms with Gasteiger partial charge in [0, 0.05) is 5.56 Å². The average Bonchev–Trinajstić information content (AvgIpc) is 2.54. The lowest BCUT2D eigenvalue weighted by molar-refractivity contribution is 0.222. The summed E-state index contributed by atoms with van der Waals surface area (Å²) in [5.41, 5.74) is 7.27. The van der Waals surface area contributed by atoms with Gasteiger partial charge in [0.1, 0.15) is 11.5 Å². The molecule has 3 heteroatoms. The molecule has 1 fully saturated rings. The second-order valence-corrected chi connectivity index (χ2v) is 6.15. The third kappa shape index (κ3) is 3.52. The highest BCUT2D eigenvalue weighted by Gasteiger charge is 2.33. The molecule has 0 spiro atoms. The maximum Gasteiger partial charge on any atom is 0.126 e. The Kier molecular flexibility index (Phi) is 5.92. The quantitative estimate of drug-likeness (QED) is 0.862. The van der Waals surface area contributed by atoms with Crippen LogP contribution in [-0.4, -0.2) is 20.8 Å². The van der Waals surface area contributed by atoms with Gasteiger partial charge in [-0.05, 0) is 49.3 Å². The van der Waals surface area contributed by atoms with Gasteiger partial charge in [0.2, 0.25) is 0 Å². The molecule has 0 heterocycles. The second-order valence-electron chi connectivity index (χ2n) is 6.15. The Morgan fingerprint density at radius 1 is 1.14 bits per heavy atom. The minimum Gasteiger partial charge on any atom is -0.496 e. The van der Waals surface area contributed by atoms with Crippen molar-refractivity contribution < 1.29 is 9.47 Å². The van der Waals surface area contributed by atoms with Gasteiger partial charge in [-0.2, -0.15) is 0 Å². The van der Waals surface area contributed by atoms with Gasteiger partial charge in [0.25, 0.3) is 0 Å². The fourth-order valence-electron chi connectivity index (χ4n) is 3.87. The maximum absolute atomic E-state index is 6.05. The number of methoxy groups -OCH3 is 2. The van der Waals surface area contributed by atoms with Crippen LogP contribution in [0.4, 0.5) is 0 Å². The molecule has 118 valence electrons. The fraction of sp³-hybridized carbons (Fsp3) is 0.667. The molecular weight excluding hydrogens is 262 g/mol. The number of hydrogen-bond donors (Lipinski definition) is 1. The summed E-state index contributed by atoms with van der Waals surface area (Å²) >= 11 is 0. The molecule has 2 N–H and O–H groups in total. The molecule has 3 unspecified atom stereocenters. The predicted molar refractivity (Wildman–Crippen MR) is 87.1 cm³/mol. The smallest absolute Gasteiger partial charge is 0.126 e. The van der Waals surface area contributed by atoms with Crippen molar-refractivity contribution in [3.8, 4) is 11.5 Å². The van der Waals surface area contributed by atoms with Crippen LogP contribution in [-0.2, 0) is 0 Å². The van der Waals surface area contributed by atoms with E-state index >= 15 is 0 Å². The Labute approximate surface area is 128 Å². The van der Waals surface area contributed by atoms with E-state index < -0.39 is 0 Å². The van der Waals surface area contributed by atoms with Gasteiger partial charge in [0.05, 0.1) is 14.2 Å². The Bertz CT molecular complexity index is 425. The Morgan fingerprint density at radius 3 is 2.33 bits per heavy atom. The number of benzene rings is 1. The van der Waals surface area contributed by atoms with Crippen molar-refractivity contribution in [2.24, 2.45) is 17.6 Å². The minimum absolute atomic E-state index is 0.450. The van der Waals surface area contributed by atoms with Crippen LogP contribution in [0, 0.1) is 11.8 Å². The maximum atomic E-state index is 6.05. The molecular formula is C18H29NO2. The molecule has 1 aliphatic carbocycles. The number of nitrogens with two attached hydrogens (primary N) is 1. The third-order valence-electron chi connectivity index (χ3n) is 4.94. The highest BCUT2D eigenvalue weighted by Crippen LogP contribution is 2.47. The van der Waals surface area contributed by atoms with Crippen molar-refractivity contribution in [2.75, 3.05) is 20.8 Å². The number of rotatable bonds is 6. The Hall–Kier alpha value is -1.22. The van der Waals surface area contributed by atoms with Crippen LogP contribution in [0.5, 0.6) is 11.5 Å². The normalized spacial score (nSPS) is 25.6. The van der Waals surface area contributed by atoms with Crippen LogP contribution >= 0.6 is 0 Å². The fourth-order valence-corrected chi connectivity index (χ4v) is 3.87. The molecule has 1 aliphatic rings. The first-order valence-corrected chi connectivity index (χ1v) is 8.16. The summed E-state index contributed by atoms with van der Waals surface area (Å²) in [6, 6.07) is 6.06. The van der Waals surface area contributed by atoms with Crippen molar-refractivity contribution in [3.63, 3.8) is 0 Å². The van der Waals surface area contributed by atoms with Crippen LogP contribution in [0.25, 0.3) is 0 Å². The van der Waals surface area contributed by atoms with E-state index in [0.717, 1.165) is 24.0 Å². The van der Waals surface area contributed by atoms with E-state index in [0.29, 0.717) is 11.8 Å². The summed E-state index contributed by atoms with van der Waals surface area (Å²) in [6.45, 7) is 3.01. The van der Waals surface area contributed by atoms with Crippen LogP contribution in [0.1, 0.15) is 50.5 Å². The lowest BCUT2D eigenvalue weighted by Crippen LogP contribution is -2.29. The van der Waals surface area contributed by atoms with Gasteiger partial charge in [-0.1, -0.05) is 32.3 Å². The van der Waals surface area contributed by atoms with E-state index in [4.69, 9.17) is 15.2 Å². The highest BCUT2D eigenvalue weighted by atomic mass is 16.5. The summed E-state index contributed by atoms with van der Waals surface area (Å²) in [6.07, 6.45) is 6.29. The first-order chi connectivity index (χ1) is 10.2. The second kappa shape index (κ2) is 7.69. The molecule has 3 atom stereocenters.